The van der Waals surface area contributed by atoms with Crippen LogP contribution in [0.1, 0.15) is 52.0 Å². The second-order valence-corrected chi connectivity index (χ2v) is 17.4. The maximum atomic E-state index is 14.3. The third-order valence-electron chi connectivity index (χ3n) is 10.2. The van der Waals surface area contributed by atoms with E-state index in [4.69, 9.17) is 21.1 Å². The number of carbonyl (C=O) groups is 3. The van der Waals surface area contributed by atoms with Gasteiger partial charge in [0, 0.05) is 40.2 Å². The molecule has 2 saturated carbocycles. The molecule has 54 heavy (non-hydrogen) atoms. The molecule has 5 atom stereocenters. The second kappa shape index (κ2) is 14.4. The maximum Gasteiger partial charge on any atom is 0.290 e. The number of hydrogen-bond donors (Lipinski definition) is 3. The van der Waals surface area contributed by atoms with Gasteiger partial charge in [0.1, 0.15) is 35.4 Å². The first-order valence-electron chi connectivity index (χ1n) is 17.4. The van der Waals surface area contributed by atoms with Gasteiger partial charge in [-0.2, -0.15) is 0 Å². The number of rotatable bonds is 13. The van der Waals surface area contributed by atoms with E-state index in [1.54, 1.807) is 56.9 Å². The van der Waals surface area contributed by atoms with Crippen molar-refractivity contribution in [2.45, 2.75) is 82.4 Å². The summed E-state index contributed by atoms with van der Waals surface area (Å²) in [7, 11) is -2.44. The molecule has 0 radical (unpaired) electrons. The van der Waals surface area contributed by atoms with Crippen LogP contribution >= 0.6 is 11.6 Å². The van der Waals surface area contributed by atoms with Crippen LogP contribution in [0, 0.1) is 28.4 Å². The third-order valence-corrected chi connectivity index (χ3v) is 12.2. The monoisotopic (exact) mass is 783 g/mol. The number of pyridine rings is 2. The van der Waals surface area contributed by atoms with E-state index in [-0.39, 0.29) is 36.8 Å². The van der Waals surface area contributed by atoms with Gasteiger partial charge in [0.15, 0.2) is 0 Å². The Bertz CT molecular complexity index is 2160. The van der Waals surface area contributed by atoms with Crippen molar-refractivity contribution in [1.29, 1.82) is 0 Å². The summed E-state index contributed by atoms with van der Waals surface area (Å²) in [4.78, 5) is 63.1. The molecule has 288 valence electrons. The molecular formula is C36H42ClN7O9S. The summed E-state index contributed by atoms with van der Waals surface area (Å²) in [6.45, 7) is 10.7. The highest BCUT2D eigenvalue weighted by molar-refractivity contribution is 7.91. The molecule has 3 aliphatic rings. The molecule has 0 bridgehead atoms. The van der Waals surface area contributed by atoms with E-state index in [2.05, 4.69) is 31.9 Å². The SMILES string of the molecule is C=C[C@@H]1C[C@@]1(C(=O)NS(=O)(=O)C1CC1)N1C[C@H](Oc2ncc(OC)c3ccc(Cl)cc23)C[C@H]1C(=O)NC(=O)C(Nc1cc(C)c([N+](=O)[O-])cn1)C(C)(C)C. The Morgan fingerprint density at radius 1 is 1.17 bits per heavy atom. The Kier molecular flexibility index (Phi) is 10.4. The lowest BCUT2D eigenvalue weighted by Gasteiger charge is -2.33. The zero-order valence-electron chi connectivity index (χ0n) is 30.4. The quantitative estimate of drug-likeness (QED) is 0.127. The zero-order valence-corrected chi connectivity index (χ0v) is 32.0. The molecule has 1 aromatic carbocycles. The van der Waals surface area contributed by atoms with Gasteiger partial charge in [-0.15, -0.1) is 6.58 Å². The van der Waals surface area contributed by atoms with Crippen LogP contribution in [0.5, 0.6) is 11.6 Å². The van der Waals surface area contributed by atoms with Crippen LogP contribution < -0.4 is 24.8 Å². The van der Waals surface area contributed by atoms with Crippen LogP contribution in [0.2, 0.25) is 5.02 Å². The number of ether oxygens (including phenoxy) is 2. The van der Waals surface area contributed by atoms with Gasteiger partial charge in [0.25, 0.3) is 11.6 Å². The number of hydrogen-bond acceptors (Lipinski definition) is 13. The number of methoxy groups -OCH3 is 1. The van der Waals surface area contributed by atoms with Crippen LogP contribution in [-0.2, 0) is 24.4 Å². The van der Waals surface area contributed by atoms with Crippen molar-refractivity contribution in [1.82, 2.24) is 24.9 Å². The largest absolute Gasteiger partial charge is 0.494 e. The van der Waals surface area contributed by atoms with E-state index in [1.165, 1.54) is 19.4 Å². The third kappa shape index (κ3) is 7.57. The van der Waals surface area contributed by atoms with Crippen molar-refractivity contribution in [3.8, 4) is 11.6 Å². The Labute approximate surface area is 317 Å². The highest BCUT2D eigenvalue weighted by atomic mass is 35.5. The van der Waals surface area contributed by atoms with Gasteiger partial charge in [-0.05, 0) is 55.9 Å². The second-order valence-electron chi connectivity index (χ2n) is 15.0. The molecule has 1 unspecified atom stereocenters. The number of aryl methyl sites for hydroxylation is 1. The van der Waals surface area contributed by atoms with Crippen molar-refractivity contribution in [2.24, 2.45) is 11.3 Å². The Hall–Kier alpha value is -4.87. The Morgan fingerprint density at radius 2 is 1.89 bits per heavy atom. The fraction of sp³-hybridized carbons (Fsp3) is 0.472. The van der Waals surface area contributed by atoms with E-state index < -0.39 is 73.0 Å². The summed E-state index contributed by atoms with van der Waals surface area (Å²) < 4.78 is 40.0. The molecule has 3 N–H and O–H groups in total. The molecule has 2 aromatic heterocycles. The van der Waals surface area contributed by atoms with Crippen molar-refractivity contribution >= 4 is 61.6 Å². The van der Waals surface area contributed by atoms with Crippen LogP contribution in [0.25, 0.3) is 10.8 Å². The number of carbonyl (C=O) groups excluding carboxylic acids is 3. The molecule has 3 heterocycles. The molecule has 3 fully saturated rings. The highest BCUT2D eigenvalue weighted by Crippen LogP contribution is 2.53. The first-order chi connectivity index (χ1) is 25.4. The van der Waals surface area contributed by atoms with Crippen LogP contribution in [0.3, 0.4) is 0 Å². The topological polar surface area (TPSA) is 212 Å². The summed E-state index contributed by atoms with van der Waals surface area (Å²) in [6, 6.07) is 4.40. The molecule has 18 heteroatoms. The highest BCUT2D eigenvalue weighted by Gasteiger charge is 2.67. The number of aromatic nitrogens is 2. The minimum atomic E-state index is -3.94. The number of anilines is 1. The zero-order chi connectivity index (χ0) is 39.3. The number of fused-ring (bicyclic) bond motifs is 1. The minimum absolute atomic E-state index is 0.000133. The standard InChI is InChI=1S/C36H42ClN7O9S/c1-7-20-15-36(20,34(47)42-54(50,51)23-9-10-23)43-18-22(53-33-25-13-21(37)8-11-24(25)28(52-6)17-39-33)14-26(43)31(45)41-32(46)30(35(3,4)5)40-29-12-19(2)27(16-38-29)44(48)49/h7-8,11-13,16-17,20,22-23,26,30H,1,9-10,14-15,18H2,2-6H3,(H,38,40)(H,42,47)(H,41,45,46)/t20-,22-,26+,30?,36-/m1/s1. The van der Waals surface area contributed by atoms with Gasteiger partial charge in [0.05, 0.1) is 29.5 Å². The molecule has 6 rings (SSSR count). The van der Waals surface area contributed by atoms with E-state index >= 15 is 0 Å². The smallest absolute Gasteiger partial charge is 0.290 e. The average molecular weight is 784 g/mol. The summed E-state index contributed by atoms with van der Waals surface area (Å²) in [5.41, 5.74) is -2.11. The number of imide groups is 1. The summed E-state index contributed by atoms with van der Waals surface area (Å²) in [5.74, 6) is -1.86. The predicted octanol–water partition coefficient (Wildman–Crippen LogP) is 4.05. The van der Waals surface area contributed by atoms with Crippen LogP contribution in [-0.4, -0.2) is 88.6 Å². The lowest BCUT2D eigenvalue weighted by Crippen LogP contribution is -2.59. The summed E-state index contributed by atoms with van der Waals surface area (Å²) in [5, 5.41) is 17.8. The number of amides is 3. The molecule has 1 saturated heterocycles. The molecule has 1 aliphatic heterocycles. The molecule has 3 amide bonds. The molecule has 3 aromatic rings. The van der Waals surface area contributed by atoms with Gasteiger partial charge < -0.3 is 14.8 Å². The first kappa shape index (κ1) is 38.8. The lowest BCUT2D eigenvalue weighted by atomic mass is 9.86. The fourth-order valence-electron chi connectivity index (χ4n) is 7.03. The van der Waals surface area contributed by atoms with Gasteiger partial charge >= 0.3 is 0 Å². The van der Waals surface area contributed by atoms with E-state index in [0.29, 0.717) is 39.9 Å². The van der Waals surface area contributed by atoms with Crippen molar-refractivity contribution in [2.75, 3.05) is 19.0 Å². The van der Waals surface area contributed by atoms with Crippen molar-refractivity contribution < 1.29 is 37.2 Å². The van der Waals surface area contributed by atoms with Crippen molar-refractivity contribution in [3.63, 3.8) is 0 Å². The summed E-state index contributed by atoms with van der Waals surface area (Å²) >= 11 is 6.33. The average Bonchev–Trinajstić information content (AvgIpc) is 4.03. The number of halogens is 1. The molecule has 2 aliphatic carbocycles. The number of nitrogens with zero attached hydrogens (tertiary/aromatic N) is 4. The Balaban J connectivity index is 1.31. The van der Waals surface area contributed by atoms with E-state index in [9.17, 15) is 32.9 Å². The molecular weight excluding hydrogens is 742 g/mol. The van der Waals surface area contributed by atoms with Gasteiger partial charge in [-0.1, -0.05) is 38.4 Å². The summed E-state index contributed by atoms with van der Waals surface area (Å²) in [6.07, 6.45) is 4.45. The number of benzene rings is 1. The Morgan fingerprint density at radius 3 is 2.48 bits per heavy atom. The van der Waals surface area contributed by atoms with Crippen LogP contribution in [0.4, 0.5) is 11.5 Å². The van der Waals surface area contributed by atoms with E-state index in [0.717, 1.165) is 6.20 Å². The predicted molar refractivity (Wildman–Crippen MR) is 200 cm³/mol. The first-order valence-corrected chi connectivity index (χ1v) is 19.3. The van der Waals surface area contributed by atoms with Gasteiger partial charge in [-0.3, -0.25) is 39.4 Å². The minimum Gasteiger partial charge on any atom is -0.494 e. The number of nitrogens with one attached hydrogen (secondary N) is 3. The molecule has 16 nitrogen and oxygen atoms in total. The van der Waals surface area contributed by atoms with Crippen molar-refractivity contribution in [3.05, 3.63) is 70.0 Å². The fourth-order valence-corrected chi connectivity index (χ4v) is 8.56. The number of nitro groups is 1. The van der Waals surface area contributed by atoms with Crippen LogP contribution in [0.15, 0.2) is 49.3 Å². The molecule has 0 spiro atoms. The van der Waals surface area contributed by atoms with Gasteiger partial charge in [0.2, 0.25) is 27.7 Å². The number of likely N-dealkylation sites (tertiary alicyclic amines) is 1. The van der Waals surface area contributed by atoms with Gasteiger partial charge in [-0.25, -0.2) is 18.4 Å². The lowest BCUT2D eigenvalue weighted by molar-refractivity contribution is -0.385. The maximum absolute atomic E-state index is 14.3. The van der Waals surface area contributed by atoms with E-state index in [1.807, 2.05) is 0 Å². The normalized spacial score (nSPS) is 23.3. The number of sulfonamides is 1.